The number of aromatic nitrogens is 1. The lowest BCUT2D eigenvalue weighted by Gasteiger charge is -2.34. The van der Waals surface area contributed by atoms with E-state index in [0.29, 0.717) is 37.5 Å². The lowest BCUT2D eigenvalue weighted by Crippen LogP contribution is -2.51. The highest BCUT2D eigenvalue weighted by molar-refractivity contribution is 6.09. The average molecular weight is 410 g/mol. The van der Waals surface area contributed by atoms with Crippen LogP contribution in [0.5, 0.6) is 5.75 Å². The molecule has 0 saturated carbocycles. The molecule has 4 rings (SSSR count). The normalized spacial score (nSPS) is 14.7. The van der Waals surface area contributed by atoms with Gasteiger partial charge in [-0.1, -0.05) is 12.1 Å². The third-order valence-corrected chi connectivity index (χ3v) is 5.33. The summed E-state index contributed by atoms with van der Waals surface area (Å²) in [5, 5.41) is 3.43. The number of nitrogens with zero attached hydrogens (tertiary/aromatic N) is 2. The second kappa shape index (κ2) is 8.54. The first kappa shape index (κ1) is 19.9. The molecule has 156 valence electrons. The fourth-order valence-electron chi connectivity index (χ4n) is 3.61. The minimum Gasteiger partial charge on any atom is -0.497 e. The molecule has 30 heavy (non-hydrogen) atoms. The Morgan fingerprint density at radius 3 is 2.63 bits per heavy atom. The molecule has 1 saturated heterocycles. The van der Waals surface area contributed by atoms with Gasteiger partial charge in [0.1, 0.15) is 11.6 Å². The van der Waals surface area contributed by atoms with Crippen molar-refractivity contribution < 1.29 is 18.7 Å². The lowest BCUT2D eigenvalue weighted by molar-refractivity contribution is 0.0885. The van der Waals surface area contributed by atoms with Gasteiger partial charge in [-0.25, -0.2) is 9.18 Å². The number of para-hydroxylation sites is 1. The molecule has 0 unspecified atom stereocenters. The largest absolute Gasteiger partial charge is 0.497 e. The number of ketones is 1. The quantitative estimate of drug-likeness (QED) is 0.633. The van der Waals surface area contributed by atoms with Crippen LogP contribution in [0.4, 0.5) is 14.9 Å². The van der Waals surface area contributed by atoms with Crippen LogP contribution in [-0.4, -0.2) is 66.4 Å². The number of rotatable bonds is 5. The molecule has 1 fully saturated rings. The summed E-state index contributed by atoms with van der Waals surface area (Å²) in [7, 11) is 1.59. The number of methoxy groups -OCH3 is 1. The number of carbonyl (C=O) groups excluding carboxylic acids is 2. The maximum atomic E-state index is 13.7. The number of nitrogens with one attached hydrogen (secondary N) is 2. The molecule has 0 aliphatic carbocycles. The Hall–Kier alpha value is -3.39. The van der Waals surface area contributed by atoms with E-state index >= 15 is 0 Å². The Kier molecular flexibility index (Phi) is 5.67. The topological polar surface area (TPSA) is 77.7 Å². The van der Waals surface area contributed by atoms with Gasteiger partial charge in [-0.3, -0.25) is 9.69 Å². The maximum absolute atomic E-state index is 13.7. The van der Waals surface area contributed by atoms with Crippen LogP contribution in [0.2, 0.25) is 0 Å². The highest BCUT2D eigenvalue weighted by Gasteiger charge is 2.24. The van der Waals surface area contributed by atoms with Gasteiger partial charge >= 0.3 is 6.03 Å². The van der Waals surface area contributed by atoms with E-state index in [-0.39, 0.29) is 24.0 Å². The second-order valence-electron chi connectivity index (χ2n) is 7.21. The smallest absolute Gasteiger partial charge is 0.322 e. The molecule has 1 aliphatic rings. The minimum absolute atomic E-state index is 0.0127. The van der Waals surface area contributed by atoms with Gasteiger partial charge in [0.15, 0.2) is 5.78 Å². The van der Waals surface area contributed by atoms with Crippen LogP contribution < -0.4 is 10.1 Å². The highest BCUT2D eigenvalue weighted by atomic mass is 19.1. The third kappa shape index (κ3) is 4.13. The van der Waals surface area contributed by atoms with Gasteiger partial charge in [-0.05, 0) is 30.3 Å². The lowest BCUT2D eigenvalue weighted by atomic mass is 10.1. The van der Waals surface area contributed by atoms with Crippen molar-refractivity contribution in [2.75, 3.05) is 45.2 Å². The zero-order valence-corrected chi connectivity index (χ0v) is 16.7. The van der Waals surface area contributed by atoms with Crippen molar-refractivity contribution in [3.05, 3.63) is 60.0 Å². The third-order valence-electron chi connectivity index (χ3n) is 5.33. The van der Waals surface area contributed by atoms with Gasteiger partial charge in [0.05, 0.1) is 19.3 Å². The van der Waals surface area contributed by atoms with E-state index in [4.69, 9.17) is 4.74 Å². The number of urea groups is 1. The van der Waals surface area contributed by atoms with Crippen LogP contribution in [0.1, 0.15) is 10.4 Å². The van der Waals surface area contributed by atoms with Gasteiger partial charge < -0.3 is 19.9 Å². The number of benzene rings is 2. The van der Waals surface area contributed by atoms with Crippen LogP contribution in [-0.2, 0) is 0 Å². The van der Waals surface area contributed by atoms with Crippen LogP contribution in [0.3, 0.4) is 0 Å². The first-order chi connectivity index (χ1) is 14.5. The number of hydrogen-bond donors (Lipinski definition) is 2. The molecule has 0 atom stereocenters. The van der Waals surface area contributed by atoms with E-state index in [9.17, 15) is 14.0 Å². The fourth-order valence-corrected chi connectivity index (χ4v) is 3.61. The zero-order chi connectivity index (χ0) is 21.1. The first-order valence-electron chi connectivity index (χ1n) is 9.76. The molecular formula is C22H23FN4O3. The molecule has 2 aromatic carbocycles. The number of Topliss-reactive ketones (excluding diaryl/α,β-unsaturated/α-hetero) is 1. The van der Waals surface area contributed by atoms with E-state index in [2.05, 4.69) is 10.3 Å². The van der Waals surface area contributed by atoms with Crippen molar-refractivity contribution in [1.29, 1.82) is 0 Å². The monoisotopic (exact) mass is 410 g/mol. The number of amides is 2. The Morgan fingerprint density at radius 2 is 1.90 bits per heavy atom. The number of aromatic amines is 1. The van der Waals surface area contributed by atoms with E-state index < -0.39 is 5.82 Å². The summed E-state index contributed by atoms with van der Waals surface area (Å²) in [6.07, 6.45) is 1.73. The molecule has 8 heteroatoms. The first-order valence-corrected chi connectivity index (χ1v) is 9.76. The van der Waals surface area contributed by atoms with Crippen molar-refractivity contribution in [1.82, 2.24) is 14.8 Å². The number of hydrogen-bond acceptors (Lipinski definition) is 4. The summed E-state index contributed by atoms with van der Waals surface area (Å²) in [5.74, 6) is 0.245. The molecule has 7 nitrogen and oxygen atoms in total. The number of H-pyrrole nitrogens is 1. The van der Waals surface area contributed by atoms with Crippen LogP contribution in [0, 0.1) is 5.82 Å². The SMILES string of the molecule is COc1ccc2[nH]cc(C(=O)CN3CCN(C(=O)Nc4ccccc4F)CC3)c2c1. The Bertz CT molecular complexity index is 1070. The number of piperazine rings is 1. The Balaban J connectivity index is 1.34. The van der Waals surface area contributed by atoms with E-state index in [0.717, 1.165) is 10.9 Å². The molecule has 2 heterocycles. The maximum Gasteiger partial charge on any atom is 0.322 e. The summed E-state index contributed by atoms with van der Waals surface area (Å²) in [6, 6.07) is 11.3. The molecule has 0 bridgehead atoms. The minimum atomic E-state index is -0.467. The standard InChI is InChI=1S/C22H23FN4O3/c1-30-15-6-7-19-16(12-15)17(13-24-19)21(28)14-26-8-10-27(11-9-26)22(29)25-20-5-3-2-4-18(20)23/h2-7,12-13,24H,8-11,14H2,1H3,(H,25,29). The van der Waals surface area contributed by atoms with Crippen molar-refractivity contribution in [3.8, 4) is 5.75 Å². The predicted molar refractivity (Wildman–Crippen MR) is 113 cm³/mol. The summed E-state index contributed by atoms with van der Waals surface area (Å²) < 4.78 is 19.0. The number of halogens is 1. The average Bonchev–Trinajstić information content (AvgIpc) is 3.19. The van der Waals surface area contributed by atoms with Gasteiger partial charge in [0, 0.05) is 48.8 Å². The summed E-state index contributed by atoms with van der Waals surface area (Å²) in [6.45, 7) is 2.35. The fraction of sp³-hybridized carbons (Fsp3) is 0.273. The Morgan fingerprint density at radius 1 is 1.13 bits per heavy atom. The van der Waals surface area contributed by atoms with E-state index in [1.165, 1.54) is 12.1 Å². The molecular weight excluding hydrogens is 387 g/mol. The van der Waals surface area contributed by atoms with E-state index in [1.54, 1.807) is 30.3 Å². The summed E-state index contributed by atoms with van der Waals surface area (Å²) >= 11 is 0. The second-order valence-corrected chi connectivity index (χ2v) is 7.21. The van der Waals surface area contributed by atoms with Gasteiger partial charge in [-0.2, -0.15) is 0 Å². The summed E-state index contributed by atoms with van der Waals surface area (Å²) in [5.41, 5.74) is 1.67. The molecule has 2 N–H and O–H groups in total. The molecule has 0 radical (unpaired) electrons. The van der Waals surface area contributed by atoms with Crippen molar-refractivity contribution in [2.24, 2.45) is 0 Å². The van der Waals surface area contributed by atoms with Gasteiger partial charge in [0.25, 0.3) is 0 Å². The number of fused-ring (bicyclic) bond motifs is 1. The molecule has 2 amide bonds. The van der Waals surface area contributed by atoms with Gasteiger partial charge in [0.2, 0.25) is 0 Å². The highest BCUT2D eigenvalue weighted by Crippen LogP contribution is 2.24. The van der Waals surface area contributed by atoms with Crippen LogP contribution in [0.25, 0.3) is 10.9 Å². The van der Waals surface area contributed by atoms with Crippen molar-refractivity contribution >= 4 is 28.4 Å². The number of ether oxygens (including phenoxy) is 1. The van der Waals surface area contributed by atoms with E-state index in [1.807, 2.05) is 23.1 Å². The van der Waals surface area contributed by atoms with Crippen molar-refractivity contribution in [3.63, 3.8) is 0 Å². The molecule has 0 spiro atoms. The number of carbonyl (C=O) groups is 2. The molecule has 1 aliphatic heterocycles. The number of anilines is 1. The summed E-state index contributed by atoms with van der Waals surface area (Å²) in [4.78, 5) is 32.0. The van der Waals surface area contributed by atoms with Crippen LogP contribution >= 0.6 is 0 Å². The molecule has 3 aromatic rings. The zero-order valence-electron chi connectivity index (χ0n) is 16.7. The van der Waals surface area contributed by atoms with Gasteiger partial charge in [-0.15, -0.1) is 0 Å². The predicted octanol–water partition coefficient (Wildman–Crippen LogP) is 3.35. The Labute approximate surface area is 173 Å². The van der Waals surface area contributed by atoms with Crippen molar-refractivity contribution in [2.45, 2.75) is 0 Å². The molecule has 1 aromatic heterocycles. The van der Waals surface area contributed by atoms with Crippen LogP contribution in [0.15, 0.2) is 48.7 Å².